The van der Waals surface area contributed by atoms with Gasteiger partial charge in [0.25, 0.3) is 0 Å². The summed E-state index contributed by atoms with van der Waals surface area (Å²) in [7, 11) is 3.10. The summed E-state index contributed by atoms with van der Waals surface area (Å²) in [5.41, 5.74) is 0. The van der Waals surface area contributed by atoms with Gasteiger partial charge in [0.15, 0.2) is 0 Å². The molecular weight excluding hydrogens is 137 g/mol. The number of carbonyl (C=O) groups is 1. The van der Waals surface area contributed by atoms with Crippen LogP contribution in [0.3, 0.4) is 0 Å². The van der Waals surface area contributed by atoms with E-state index in [9.17, 15) is 9.18 Å². The van der Waals surface area contributed by atoms with Gasteiger partial charge in [0.1, 0.15) is 6.17 Å². The highest BCUT2D eigenvalue weighted by molar-refractivity contribution is 5.76. The van der Waals surface area contributed by atoms with Crippen molar-refractivity contribution in [2.75, 3.05) is 20.7 Å². The van der Waals surface area contributed by atoms with Crippen LogP contribution in [0.5, 0.6) is 0 Å². The number of rotatable bonds is 3. The quantitative estimate of drug-likeness (QED) is 0.603. The van der Waals surface area contributed by atoms with Crippen LogP contribution < -0.4 is 0 Å². The molecule has 1 atom stereocenters. The van der Waals surface area contributed by atoms with Gasteiger partial charge in [0.2, 0.25) is 5.91 Å². The standard InChI is InChI=1S/C6H12FNO2/c1-8(2)6(10)3-5(7)4-9/h5,9H,3-4H2,1-2H3/t5-/m0/s1. The highest BCUT2D eigenvalue weighted by Gasteiger charge is 2.11. The normalized spacial score (nSPS) is 12.8. The molecule has 0 aliphatic rings. The van der Waals surface area contributed by atoms with Gasteiger partial charge in [0, 0.05) is 14.1 Å². The lowest BCUT2D eigenvalue weighted by atomic mass is 10.3. The molecule has 0 aliphatic carbocycles. The van der Waals surface area contributed by atoms with Crippen molar-refractivity contribution in [1.82, 2.24) is 4.90 Å². The molecule has 0 aromatic heterocycles. The second-order valence-electron chi connectivity index (χ2n) is 2.27. The summed E-state index contributed by atoms with van der Waals surface area (Å²) in [6.07, 6.45) is -1.65. The first-order valence-electron chi connectivity index (χ1n) is 3.03. The molecule has 0 unspecified atom stereocenters. The Morgan fingerprint density at radius 2 is 2.20 bits per heavy atom. The Bertz CT molecular complexity index is 116. The summed E-state index contributed by atoms with van der Waals surface area (Å²) in [6, 6.07) is 0. The van der Waals surface area contributed by atoms with Gasteiger partial charge in [-0.3, -0.25) is 4.79 Å². The molecular formula is C6H12FNO2. The topological polar surface area (TPSA) is 40.5 Å². The van der Waals surface area contributed by atoms with E-state index in [4.69, 9.17) is 5.11 Å². The molecule has 0 aromatic rings. The van der Waals surface area contributed by atoms with Crippen molar-refractivity contribution in [3.8, 4) is 0 Å². The molecule has 0 rings (SSSR count). The smallest absolute Gasteiger partial charge is 0.225 e. The molecule has 1 amide bonds. The number of hydrogen-bond acceptors (Lipinski definition) is 2. The Kier molecular flexibility index (Phi) is 3.95. The number of amides is 1. The van der Waals surface area contributed by atoms with E-state index in [1.807, 2.05) is 0 Å². The summed E-state index contributed by atoms with van der Waals surface area (Å²) in [4.78, 5) is 12.0. The molecule has 0 fully saturated rings. The van der Waals surface area contributed by atoms with Crippen molar-refractivity contribution in [3.63, 3.8) is 0 Å². The summed E-state index contributed by atoms with van der Waals surface area (Å²) in [5.74, 6) is -0.304. The molecule has 0 aliphatic heterocycles. The number of nitrogens with zero attached hydrogens (tertiary/aromatic N) is 1. The van der Waals surface area contributed by atoms with Crippen molar-refractivity contribution in [1.29, 1.82) is 0 Å². The van der Waals surface area contributed by atoms with Crippen LogP contribution in [0.25, 0.3) is 0 Å². The average molecular weight is 149 g/mol. The molecule has 10 heavy (non-hydrogen) atoms. The van der Waals surface area contributed by atoms with Crippen LogP contribution in [-0.2, 0) is 4.79 Å². The highest BCUT2D eigenvalue weighted by Crippen LogP contribution is 1.98. The van der Waals surface area contributed by atoms with Crippen molar-refractivity contribution in [2.45, 2.75) is 12.6 Å². The zero-order valence-electron chi connectivity index (χ0n) is 6.17. The van der Waals surface area contributed by atoms with Crippen LogP contribution in [0.2, 0.25) is 0 Å². The van der Waals surface area contributed by atoms with Gasteiger partial charge >= 0.3 is 0 Å². The number of aliphatic hydroxyl groups excluding tert-OH is 1. The predicted octanol–water partition coefficient (Wildman–Crippen LogP) is -0.205. The molecule has 0 bridgehead atoms. The maximum atomic E-state index is 12.2. The molecule has 0 radical (unpaired) electrons. The molecule has 60 valence electrons. The van der Waals surface area contributed by atoms with Gasteiger partial charge in [-0.05, 0) is 0 Å². The zero-order chi connectivity index (χ0) is 8.15. The summed E-state index contributed by atoms with van der Waals surface area (Å²) in [5, 5.41) is 8.22. The second kappa shape index (κ2) is 4.22. The molecule has 0 saturated heterocycles. The van der Waals surface area contributed by atoms with E-state index in [-0.39, 0.29) is 12.3 Å². The third-order valence-electron chi connectivity index (χ3n) is 1.09. The Balaban J connectivity index is 3.57. The van der Waals surface area contributed by atoms with Gasteiger partial charge in [0.05, 0.1) is 13.0 Å². The van der Waals surface area contributed by atoms with E-state index in [1.165, 1.54) is 4.90 Å². The fraction of sp³-hybridized carbons (Fsp3) is 0.833. The van der Waals surface area contributed by atoms with E-state index in [0.717, 1.165) is 0 Å². The lowest BCUT2D eigenvalue weighted by Crippen LogP contribution is -2.25. The maximum absolute atomic E-state index is 12.2. The minimum atomic E-state index is -1.42. The Morgan fingerprint density at radius 3 is 2.50 bits per heavy atom. The third-order valence-corrected chi connectivity index (χ3v) is 1.09. The minimum absolute atomic E-state index is 0.233. The molecule has 0 saturated carbocycles. The van der Waals surface area contributed by atoms with E-state index in [0.29, 0.717) is 0 Å². The van der Waals surface area contributed by atoms with Crippen molar-refractivity contribution in [2.24, 2.45) is 0 Å². The van der Waals surface area contributed by atoms with Crippen molar-refractivity contribution < 1.29 is 14.3 Å². The molecule has 0 spiro atoms. The van der Waals surface area contributed by atoms with Crippen LogP contribution in [0, 0.1) is 0 Å². The van der Waals surface area contributed by atoms with Gasteiger partial charge in [-0.2, -0.15) is 0 Å². The zero-order valence-corrected chi connectivity index (χ0v) is 6.17. The number of carbonyl (C=O) groups excluding carboxylic acids is 1. The minimum Gasteiger partial charge on any atom is -0.393 e. The number of alkyl halides is 1. The number of halogens is 1. The SMILES string of the molecule is CN(C)C(=O)C[C@H](F)CO. The third kappa shape index (κ3) is 3.40. The van der Waals surface area contributed by atoms with Crippen LogP contribution in [0.1, 0.15) is 6.42 Å². The molecule has 1 N–H and O–H groups in total. The fourth-order valence-electron chi connectivity index (χ4n) is 0.437. The lowest BCUT2D eigenvalue weighted by molar-refractivity contribution is -0.130. The van der Waals surface area contributed by atoms with E-state index in [2.05, 4.69) is 0 Å². The Morgan fingerprint density at radius 1 is 1.70 bits per heavy atom. The average Bonchev–Trinajstić information content (AvgIpc) is 1.87. The van der Waals surface area contributed by atoms with E-state index in [1.54, 1.807) is 14.1 Å². The van der Waals surface area contributed by atoms with Crippen LogP contribution >= 0.6 is 0 Å². The van der Waals surface area contributed by atoms with Crippen LogP contribution in [-0.4, -0.2) is 42.8 Å². The summed E-state index contributed by atoms with van der Waals surface area (Å²) < 4.78 is 12.2. The van der Waals surface area contributed by atoms with Crippen LogP contribution in [0.4, 0.5) is 4.39 Å². The van der Waals surface area contributed by atoms with Crippen LogP contribution in [0.15, 0.2) is 0 Å². The predicted molar refractivity (Wildman–Crippen MR) is 35.3 cm³/mol. The monoisotopic (exact) mass is 149 g/mol. The van der Waals surface area contributed by atoms with Gasteiger partial charge in [-0.15, -0.1) is 0 Å². The number of hydrogen-bond donors (Lipinski definition) is 1. The van der Waals surface area contributed by atoms with E-state index >= 15 is 0 Å². The lowest BCUT2D eigenvalue weighted by Gasteiger charge is -2.10. The first kappa shape index (κ1) is 9.36. The fourth-order valence-corrected chi connectivity index (χ4v) is 0.437. The van der Waals surface area contributed by atoms with Crippen molar-refractivity contribution >= 4 is 5.91 Å². The molecule has 3 nitrogen and oxygen atoms in total. The Hall–Kier alpha value is -0.640. The largest absolute Gasteiger partial charge is 0.393 e. The first-order valence-corrected chi connectivity index (χ1v) is 3.03. The molecule has 0 heterocycles. The Labute approximate surface area is 59.4 Å². The summed E-state index contributed by atoms with van der Waals surface area (Å²) >= 11 is 0. The second-order valence-corrected chi connectivity index (χ2v) is 2.27. The maximum Gasteiger partial charge on any atom is 0.225 e. The van der Waals surface area contributed by atoms with Crippen molar-refractivity contribution in [3.05, 3.63) is 0 Å². The van der Waals surface area contributed by atoms with Gasteiger partial charge < -0.3 is 10.0 Å². The molecule has 4 heteroatoms. The highest BCUT2D eigenvalue weighted by atomic mass is 19.1. The van der Waals surface area contributed by atoms with Gasteiger partial charge in [-0.1, -0.05) is 0 Å². The molecule has 0 aromatic carbocycles. The summed E-state index contributed by atoms with van der Waals surface area (Å²) in [6.45, 7) is -0.584. The number of aliphatic hydroxyl groups is 1. The van der Waals surface area contributed by atoms with Gasteiger partial charge in [-0.25, -0.2) is 4.39 Å². The first-order chi connectivity index (χ1) is 4.57. The van der Waals surface area contributed by atoms with E-state index < -0.39 is 12.8 Å².